The summed E-state index contributed by atoms with van der Waals surface area (Å²) in [4.78, 5) is 0. The molecule has 86 valence electrons. The minimum absolute atomic E-state index is 0.120. The van der Waals surface area contributed by atoms with Gasteiger partial charge in [-0.25, -0.2) is 8.78 Å². The summed E-state index contributed by atoms with van der Waals surface area (Å²) < 4.78 is 33.3. The summed E-state index contributed by atoms with van der Waals surface area (Å²) in [6.45, 7) is 1.73. The van der Waals surface area contributed by atoms with E-state index in [0.29, 0.717) is 26.4 Å². The molecule has 0 rings (SSSR count). The quantitative estimate of drug-likeness (QED) is 0.524. The van der Waals surface area contributed by atoms with Crippen molar-refractivity contribution in [2.45, 2.75) is 12.5 Å². The van der Waals surface area contributed by atoms with Gasteiger partial charge in [0.1, 0.15) is 6.10 Å². The first-order valence-corrected chi connectivity index (χ1v) is 4.42. The molecule has 0 aromatic heterocycles. The minimum atomic E-state index is -2.70. The van der Waals surface area contributed by atoms with Gasteiger partial charge in [-0.15, -0.1) is 0 Å². The van der Waals surface area contributed by atoms with Gasteiger partial charge in [0, 0.05) is 20.2 Å². The highest BCUT2D eigenvalue weighted by Crippen LogP contribution is 1.97. The molecule has 0 heterocycles. The van der Waals surface area contributed by atoms with Gasteiger partial charge in [0.15, 0.2) is 0 Å². The molecule has 0 aliphatic heterocycles. The molecule has 1 unspecified atom stereocenters. The molecular formula is C8H17F2NO3. The van der Waals surface area contributed by atoms with E-state index in [4.69, 9.17) is 14.6 Å². The molecule has 14 heavy (non-hydrogen) atoms. The van der Waals surface area contributed by atoms with E-state index < -0.39 is 12.5 Å². The molecule has 0 amide bonds. The number of hydrogen-bond acceptors (Lipinski definition) is 4. The first-order valence-electron chi connectivity index (χ1n) is 4.42. The Kier molecular flexibility index (Phi) is 9.06. The maximum Gasteiger partial charge on any atom is 0.265 e. The fourth-order valence-electron chi connectivity index (χ4n) is 0.728. The summed E-state index contributed by atoms with van der Waals surface area (Å²) in [5.41, 5.74) is 0. The van der Waals surface area contributed by atoms with Crippen molar-refractivity contribution in [2.24, 2.45) is 0 Å². The molecule has 2 N–H and O–H groups in total. The number of methoxy groups -OCH3 is 1. The Morgan fingerprint density at radius 1 is 1.29 bits per heavy atom. The SMILES string of the molecule is COCCOCCNCC(O)C(F)F. The molecule has 0 aromatic carbocycles. The first kappa shape index (κ1) is 13.7. The third-order valence-electron chi connectivity index (χ3n) is 1.50. The predicted octanol–water partition coefficient (Wildman–Crippen LogP) is -0.135. The van der Waals surface area contributed by atoms with E-state index in [9.17, 15) is 8.78 Å². The van der Waals surface area contributed by atoms with Crippen molar-refractivity contribution >= 4 is 0 Å². The van der Waals surface area contributed by atoms with Gasteiger partial charge in [0.25, 0.3) is 6.43 Å². The fraction of sp³-hybridized carbons (Fsp3) is 1.00. The molecule has 0 radical (unpaired) electrons. The molecule has 0 aliphatic rings. The number of hydrogen-bond donors (Lipinski definition) is 2. The lowest BCUT2D eigenvalue weighted by molar-refractivity contribution is -0.00450. The highest BCUT2D eigenvalue weighted by atomic mass is 19.3. The second-order valence-electron chi connectivity index (χ2n) is 2.71. The van der Waals surface area contributed by atoms with Crippen LogP contribution in [0.5, 0.6) is 0 Å². The van der Waals surface area contributed by atoms with Gasteiger partial charge in [-0.2, -0.15) is 0 Å². The standard InChI is InChI=1S/C8H17F2NO3/c1-13-4-5-14-3-2-11-6-7(12)8(9)10/h7-8,11-12H,2-6H2,1H3. The zero-order valence-electron chi connectivity index (χ0n) is 8.21. The van der Waals surface area contributed by atoms with E-state index in [0.717, 1.165) is 0 Å². The largest absolute Gasteiger partial charge is 0.386 e. The van der Waals surface area contributed by atoms with Crippen LogP contribution in [-0.2, 0) is 9.47 Å². The van der Waals surface area contributed by atoms with Gasteiger partial charge >= 0.3 is 0 Å². The molecule has 0 saturated carbocycles. The van der Waals surface area contributed by atoms with E-state index in [2.05, 4.69) is 5.32 Å². The average molecular weight is 213 g/mol. The normalized spacial score (nSPS) is 13.5. The van der Waals surface area contributed by atoms with Crippen LogP contribution in [0.3, 0.4) is 0 Å². The van der Waals surface area contributed by atoms with E-state index in [1.54, 1.807) is 7.11 Å². The van der Waals surface area contributed by atoms with Crippen LogP contribution in [0, 0.1) is 0 Å². The van der Waals surface area contributed by atoms with Gasteiger partial charge in [-0.1, -0.05) is 0 Å². The van der Waals surface area contributed by atoms with Crippen molar-refractivity contribution in [3.05, 3.63) is 0 Å². The monoisotopic (exact) mass is 213 g/mol. The fourth-order valence-corrected chi connectivity index (χ4v) is 0.728. The summed E-state index contributed by atoms with van der Waals surface area (Å²) in [5.74, 6) is 0. The summed E-state index contributed by atoms with van der Waals surface area (Å²) >= 11 is 0. The Balaban J connectivity index is 3.06. The highest BCUT2D eigenvalue weighted by molar-refractivity contribution is 4.60. The Labute approximate surface area is 82.2 Å². The Hall–Kier alpha value is -0.300. The van der Waals surface area contributed by atoms with E-state index in [1.165, 1.54) is 0 Å². The third kappa shape index (κ3) is 8.31. The van der Waals surface area contributed by atoms with E-state index in [1.807, 2.05) is 0 Å². The van der Waals surface area contributed by atoms with Crippen molar-refractivity contribution in [3.63, 3.8) is 0 Å². The number of nitrogens with one attached hydrogen (secondary N) is 1. The zero-order chi connectivity index (χ0) is 10.8. The second-order valence-corrected chi connectivity index (χ2v) is 2.71. The number of aliphatic hydroxyl groups excluding tert-OH is 1. The van der Waals surface area contributed by atoms with Crippen molar-refractivity contribution in [1.82, 2.24) is 5.32 Å². The highest BCUT2D eigenvalue weighted by Gasteiger charge is 2.15. The number of halogens is 2. The summed E-state index contributed by atoms with van der Waals surface area (Å²) in [5, 5.41) is 11.3. The first-order chi connectivity index (χ1) is 6.68. The van der Waals surface area contributed by atoms with Gasteiger partial charge < -0.3 is 19.9 Å². The van der Waals surface area contributed by atoms with Gasteiger partial charge in [0.05, 0.1) is 19.8 Å². The summed E-state index contributed by atoms with van der Waals surface area (Å²) in [6, 6.07) is 0. The molecule has 0 spiro atoms. The van der Waals surface area contributed by atoms with Crippen molar-refractivity contribution in [2.75, 3.05) is 40.0 Å². The number of rotatable bonds is 9. The van der Waals surface area contributed by atoms with Crippen molar-refractivity contribution < 1.29 is 23.4 Å². The lowest BCUT2D eigenvalue weighted by atomic mass is 10.4. The molecular weight excluding hydrogens is 196 g/mol. The maximum atomic E-state index is 11.8. The van der Waals surface area contributed by atoms with Crippen LogP contribution in [0.4, 0.5) is 8.78 Å². The van der Waals surface area contributed by atoms with Crippen LogP contribution in [0.15, 0.2) is 0 Å². The Morgan fingerprint density at radius 3 is 2.57 bits per heavy atom. The molecule has 4 nitrogen and oxygen atoms in total. The number of alkyl halides is 2. The molecule has 0 aliphatic carbocycles. The van der Waals surface area contributed by atoms with Crippen LogP contribution < -0.4 is 5.32 Å². The molecule has 0 saturated heterocycles. The average Bonchev–Trinajstić information content (AvgIpc) is 2.16. The van der Waals surface area contributed by atoms with Crippen LogP contribution in [0.1, 0.15) is 0 Å². The van der Waals surface area contributed by atoms with Gasteiger partial charge in [0.2, 0.25) is 0 Å². The Bertz CT molecular complexity index is 127. The number of ether oxygens (including phenoxy) is 2. The summed E-state index contributed by atoms with van der Waals surface area (Å²) in [7, 11) is 1.57. The lowest BCUT2D eigenvalue weighted by Gasteiger charge is -2.10. The molecule has 1 atom stereocenters. The smallest absolute Gasteiger partial charge is 0.265 e. The molecule has 6 heteroatoms. The topological polar surface area (TPSA) is 50.7 Å². The second kappa shape index (κ2) is 9.26. The van der Waals surface area contributed by atoms with Crippen LogP contribution in [-0.4, -0.2) is 57.7 Å². The summed E-state index contributed by atoms with van der Waals surface area (Å²) in [6.07, 6.45) is -4.30. The molecule has 0 bridgehead atoms. The van der Waals surface area contributed by atoms with Crippen LogP contribution in [0.25, 0.3) is 0 Å². The maximum absolute atomic E-state index is 11.8. The van der Waals surface area contributed by atoms with E-state index >= 15 is 0 Å². The zero-order valence-corrected chi connectivity index (χ0v) is 8.21. The third-order valence-corrected chi connectivity index (χ3v) is 1.50. The Morgan fingerprint density at radius 2 is 2.00 bits per heavy atom. The van der Waals surface area contributed by atoms with Gasteiger partial charge in [-0.05, 0) is 0 Å². The molecule has 0 aromatic rings. The van der Waals surface area contributed by atoms with Gasteiger partial charge in [-0.3, -0.25) is 0 Å². The number of aliphatic hydroxyl groups is 1. The predicted molar refractivity (Wildman–Crippen MR) is 47.6 cm³/mol. The molecule has 0 fully saturated rings. The lowest BCUT2D eigenvalue weighted by Crippen LogP contribution is -2.33. The van der Waals surface area contributed by atoms with Crippen molar-refractivity contribution in [3.8, 4) is 0 Å². The van der Waals surface area contributed by atoms with Crippen LogP contribution >= 0.6 is 0 Å². The van der Waals surface area contributed by atoms with Crippen molar-refractivity contribution in [1.29, 1.82) is 0 Å². The van der Waals surface area contributed by atoms with E-state index in [-0.39, 0.29) is 6.54 Å². The van der Waals surface area contributed by atoms with Crippen LogP contribution in [0.2, 0.25) is 0 Å². The minimum Gasteiger partial charge on any atom is -0.386 e.